The zero-order valence-corrected chi connectivity index (χ0v) is 9.68. The van der Waals surface area contributed by atoms with Crippen LogP contribution in [0.4, 0.5) is 4.79 Å². The average molecular weight is 243 g/mol. The Bertz CT molecular complexity index is 326. The number of carbonyl (C=O) groups excluding carboxylic acids is 2. The van der Waals surface area contributed by atoms with Crippen LogP contribution in [0.3, 0.4) is 0 Å². The summed E-state index contributed by atoms with van der Waals surface area (Å²) in [5.41, 5.74) is 4.79. The summed E-state index contributed by atoms with van der Waals surface area (Å²) < 4.78 is 0. The highest BCUT2D eigenvalue weighted by Gasteiger charge is 2.34. The lowest BCUT2D eigenvalue weighted by atomic mass is 9.87. The number of carboxylic acid groups (broad SMARTS) is 1. The fourth-order valence-electron chi connectivity index (χ4n) is 1.77. The first-order valence-electron chi connectivity index (χ1n) is 5.44. The minimum absolute atomic E-state index is 0.145. The molecule has 0 aromatic rings. The smallest absolute Gasteiger partial charge is 0.318 e. The Labute approximate surface area is 98.9 Å². The average Bonchev–Trinajstić information content (AvgIpc) is 2.13. The van der Waals surface area contributed by atoms with E-state index in [1.807, 2.05) is 10.2 Å². The number of aliphatic carboxylic acids is 1. The summed E-state index contributed by atoms with van der Waals surface area (Å²) in [7, 11) is 0. The van der Waals surface area contributed by atoms with Crippen molar-refractivity contribution in [3.05, 3.63) is 0 Å². The van der Waals surface area contributed by atoms with E-state index >= 15 is 0 Å². The van der Waals surface area contributed by atoms with Gasteiger partial charge in [-0.3, -0.25) is 14.9 Å². The van der Waals surface area contributed by atoms with Gasteiger partial charge in [0.05, 0.1) is 5.92 Å². The van der Waals surface area contributed by atoms with Crippen LogP contribution in [0, 0.1) is 11.8 Å². The van der Waals surface area contributed by atoms with Crippen LogP contribution >= 0.6 is 0 Å². The molecule has 0 aromatic heterocycles. The van der Waals surface area contributed by atoms with Gasteiger partial charge in [-0.05, 0) is 5.92 Å². The number of hydrogen-bond donors (Lipinski definition) is 3. The summed E-state index contributed by atoms with van der Waals surface area (Å²) >= 11 is 0. The fraction of sp³-hybridized carbons (Fsp3) is 0.700. The second kappa shape index (κ2) is 5.62. The molecule has 1 aliphatic rings. The Morgan fingerprint density at radius 3 is 2.53 bits per heavy atom. The quantitative estimate of drug-likeness (QED) is 0.586. The lowest BCUT2D eigenvalue weighted by molar-refractivity contribution is -0.145. The first kappa shape index (κ1) is 13.4. The molecule has 0 saturated carbocycles. The molecule has 0 aromatic carbocycles. The fourth-order valence-corrected chi connectivity index (χ4v) is 1.77. The van der Waals surface area contributed by atoms with Gasteiger partial charge in [-0.25, -0.2) is 4.79 Å². The van der Waals surface area contributed by atoms with E-state index in [4.69, 9.17) is 10.8 Å². The normalized spacial score (nSPS) is 18.2. The van der Waals surface area contributed by atoms with E-state index in [1.165, 1.54) is 0 Å². The second-order valence-electron chi connectivity index (χ2n) is 4.31. The number of imide groups is 1. The number of carboxylic acids is 1. The van der Waals surface area contributed by atoms with Crippen LogP contribution in [0.25, 0.3) is 0 Å². The molecule has 7 heteroatoms. The number of nitrogens with one attached hydrogen (secondary N) is 1. The SMILES string of the molecule is CC(C(=O)O)C1CN(CCC(=O)NC(N)=O)C1. The summed E-state index contributed by atoms with van der Waals surface area (Å²) in [6.07, 6.45) is 0.192. The molecular formula is C10H17N3O4. The molecule has 1 heterocycles. The maximum atomic E-state index is 11.1. The van der Waals surface area contributed by atoms with Crippen molar-refractivity contribution in [2.45, 2.75) is 13.3 Å². The van der Waals surface area contributed by atoms with Crippen LogP contribution in [0.2, 0.25) is 0 Å². The topological polar surface area (TPSA) is 113 Å². The Balaban J connectivity index is 2.15. The second-order valence-corrected chi connectivity index (χ2v) is 4.31. The van der Waals surface area contributed by atoms with Crippen molar-refractivity contribution in [1.29, 1.82) is 0 Å². The number of nitrogens with two attached hydrogens (primary N) is 1. The molecule has 1 rings (SSSR count). The molecule has 1 atom stereocenters. The van der Waals surface area contributed by atoms with E-state index < -0.39 is 17.9 Å². The van der Waals surface area contributed by atoms with E-state index in [0.717, 1.165) is 0 Å². The van der Waals surface area contributed by atoms with Gasteiger partial charge in [-0.15, -0.1) is 0 Å². The minimum atomic E-state index is -0.851. The van der Waals surface area contributed by atoms with Crippen molar-refractivity contribution < 1.29 is 19.5 Å². The summed E-state index contributed by atoms with van der Waals surface area (Å²) in [6, 6.07) is -0.851. The molecule has 3 amide bonds. The highest BCUT2D eigenvalue weighted by atomic mass is 16.4. The Morgan fingerprint density at radius 1 is 1.47 bits per heavy atom. The molecule has 0 bridgehead atoms. The van der Waals surface area contributed by atoms with Gasteiger partial charge in [0.15, 0.2) is 0 Å². The third kappa shape index (κ3) is 4.03. The van der Waals surface area contributed by atoms with Gasteiger partial charge in [0.25, 0.3) is 0 Å². The number of hydrogen-bond acceptors (Lipinski definition) is 4. The zero-order chi connectivity index (χ0) is 13.0. The van der Waals surface area contributed by atoms with Crippen molar-refractivity contribution in [1.82, 2.24) is 10.2 Å². The van der Waals surface area contributed by atoms with E-state index in [2.05, 4.69) is 0 Å². The van der Waals surface area contributed by atoms with Crippen molar-refractivity contribution in [3.63, 3.8) is 0 Å². The van der Waals surface area contributed by atoms with Crippen LogP contribution in [0.15, 0.2) is 0 Å². The van der Waals surface area contributed by atoms with E-state index in [-0.39, 0.29) is 18.3 Å². The molecule has 7 nitrogen and oxygen atoms in total. The summed E-state index contributed by atoms with van der Waals surface area (Å²) in [6.45, 7) is 3.56. The largest absolute Gasteiger partial charge is 0.481 e. The molecule has 1 fully saturated rings. The summed E-state index contributed by atoms with van der Waals surface area (Å²) in [5.74, 6) is -1.41. The lowest BCUT2D eigenvalue weighted by Gasteiger charge is -2.41. The van der Waals surface area contributed by atoms with E-state index in [9.17, 15) is 14.4 Å². The van der Waals surface area contributed by atoms with Crippen molar-refractivity contribution >= 4 is 17.9 Å². The molecule has 1 unspecified atom stereocenters. The number of urea groups is 1. The standard InChI is InChI=1S/C10H17N3O4/c1-6(9(15)16)7-4-13(5-7)3-2-8(14)12-10(11)17/h6-7H,2-5H2,1H3,(H,15,16)(H3,11,12,14,17). The lowest BCUT2D eigenvalue weighted by Crippen LogP contribution is -2.51. The van der Waals surface area contributed by atoms with Crippen LogP contribution in [-0.4, -0.2) is 47.5 Å². The highest BCUT2D eigenvalue weighted by molar-refractivity contribution is 5.93. The third-order valence-corrected chi connectivity index (χ3v) is 3.00. The van der Waals surface area contributed by atoms with E-state index in [0.29, 0.717) is 19.6 Å². The predicted molar refractivity (Wildman–Crippen MR) is 59.1 cm³/mol. The maximum absolute atomic E-state index is 11.1. The first-order valence-corrected chi connectivity index (χ1v) is 5.44. The highest BCUT2D eigenvalue weighted by Crippen LogP contribution is 2.23. The van der Waals surface area contributed by atoms with Gasteiger partial charge in [-0.2, -0.15) is 0 Å². The van der Waals surface area contributed by atoms with Gasteiger partial charge >= 0.3 is 12.0 Å². The number of primary amides is 1. The minimum Gasteiger partial charge on any atom is -0.481 e. The number of rotatable bonds is 5. The molecular weight excluding hydrogens is 226 g/mol. The van der Waals surface area contributed by atoms with E-state index in [1.54, 1.807) is 6.92 Å². The number of carbonyl (C=O) groups is 3. The molecule has 96 valence electrons. The first-order chi connectivity index (χ1) is 7.90. The zero-order valence-electron chi connectivity index (χ0n) is 9.68. The Morgan fingerprint density at radius 2 is 2.06 bits per heavy atom. The predicted octanol–water partition coefficient (Wildman–Crippen LogP) is -0.776. The van der Waals surface area contributed by atoms with Gasteiger partial charge < -0.3 is 15.7 Å². The molecule has 1 saturated heterocycles. The molecule has 0 radical (unpaired) electrons. The summed E-state index contributed by atoms with van der Waals surface area (Å²) in [4.78, 5) is 34.1. The van der Waals surface area contributed by atoms with Crippen LogP contribution in [-0.2, 0) is 9.59 Å². The van der Waals surface area contributed by atoms with Crippen LogP contribution < -0.4 is 11.1 Å². The maximum Gasteiger partial charge on any atom is 0.318 e. The molecule has 4 N–H and O–H groups in total. The van der Waals surface area contributed by atoms with Gasteiger partial charge in [0.1, 0.15) is 0 Å². The molecule has 1 aliphatic heterocycles. The summed E-state index contributed by atoms with van der Waals surface area (Å²) in [5, 5.41) is 10.8. The molecule has 0 aliphatic carbocycles. The number of likely N-dealkylation sites (tertiary alicyclic amines) is 1. The van der Waals surface area contributed by atoms with Crippen LogP contribution in [0.1, 0.15) is 13.3 Å². The number of nitrogens with zero attached hydrogens (tertiary/aromatic N) is 1. The Kier molecular flexibility index (Phi) is 4.45. The van der Waals surface area contributed by atoms with Gasteiger partial charge in [0.2, 0.25) is 5.91 Å². The molecule has 0 spiro atoms. The van der Waals surface area contributed by atoms with Crippen LogP contribution in [0.5, 0.6) is 0 Å². The van der Waals surface area contributed by atoms with Crippen molar-refractivity contribution in [3.8, 4) is 0 Å². The van der Waals surface area contributed by atoms with Gasteiger partial charge in [-0.1, -0.05) is 6.92 Å². The monoisotopic (exact) mass is 243 g/mol. The van der Waals surface area contributed by atoms with Gasteiger partial charge in [0, 0.05) is 26.1 Å². The molecule has 17 heavy (non-hydrogen) atoms. The van der Waals surface area contributed by atoms with Crippen molar-refractivity contribution in [2.75, 3.05) is 19.6 Å². The third-order valence-electron chi connectivity index (χ3n) is 3.00. The van der Waals surface area contributed by atoms with Crippen molar-refractivity contribution in [2.24, 2.45) is 17.6 Å². The number of amides is 3. The Hall–Kier alpha value is -1.63.